The van der Waals surface area contributed by atoms with Crippen LogP contribution in [0.3, 0.4) is 0 Å². The van der Waals surface area contributed by atoms with Gasteiger partial charge in [0, 0.05) is 23.8 Å². The Kier molecular flexibility index (Phi) is 3.97. The molecule has 6 heteroatoms. The molecule has 4 nitrogen and oxygen atoms in total. The van der Waals surface area contributed by atoms with Crippen LogP contribution in [-0.2, 0) is 6.61 Å². The Morgan fingerprint density at radius 1 is 1.26 bits per heavy atom. The average molecular weight is 282 g/mol. The van der Waals surface area contributed by atoms with Crippen LogP contribution in [0.25, 0.3) is 0 Å². The van der Waals surface area contributed by atoms with Crippen molar-refractivity contribution >= 4 is 17.3 Å². The lowest BCUT2D eigenvalue weighted by molar-refractivity contribution is -0.384. The Bertz CT molecular complexity index is 619. The van der Waals surface area contributed by atoms with E-state index in [4.69, 9.17) is 16.3 Å². The van der Waals surface area contributed by atoms with Crippen LogP contribution in [0, 0.1) is 15.9 Å². The van der Waals surface area contributed by atoms with Gasteiger partial charge >= 0.3 is 0 Å². The number of ether oxygens (including phenoxy) is 1. The molecule has 0 atom stereocenters. The first kappa shape index (κ1) is 13.3. The number of nitrogens with zero attached hydrogens (tertiary/aromatic N) is 1. The van der Waals surface area contributed by atoms with Crippen molar-refractivity contribution in [1.29, 1.82) is 0 Å². The number of non-ortho nitro benzene ring substituents is 1. The maximum Gasteiger partial charge on any atom is 0.270 e. The summed E-state index contributed by atoms with van der Waals surface area (Å²) in [5.74, 6) is -0.0262. The zero-order valence-corrected chi connectivity index (χ0v) is 10.4. The Labute approximate surface area is 113 Å². The minimum atomic E-state index is -0.525. The van der Waals surface area contributed by atoms with Crippen LogP contribution in [0.2, 0.25) is 5.02 Å². The van der Waals surface area contributed by atoms with Crippen molar-refractivity contribution in [2.45, 2.75) is 6.61 Å². The molecule has 0 radical (unpaired) electrons. The molecule has 2 rings (SSSR count). The normalized spacial score (nSPS) is 10.2. The highest BCUT2D eigenvalue weighted by molar-refractivity contribution is 6.31. The second-order valence-corrected chi connectivity index (χ2v) is 4.19. The van der Waals surface area contributed by atoms with Crippen LogP contribution in [-0.4, -0.2) is 4.92 Å². The van der Waals surface area contributed by atoms with Gasteiger partial charge in [-0.2, -0.15) is 0 Å². The van der Waals surface area contributed by atoms with Crippen LogP contribution < -0.4 is 4.74 Å². The first-order chi connectivity index (χ1) is 9.06. The minimum Gasteiger partial charge on any atom is -0.489 e. The molecule has 0 aliphatic rings. The molecule has 19 heavy (non-hydrogen) atoms. The Balaban J connectivity index is 2.10. The zero-order chi connectivity index (χ0) is 13.8. The Hall–Kier alpha value is -2.14. The number of hydrogen-bond acceptors (Lipinski definition) is 3. The van der Waals surface area contributed by atoms with Gasteiger partial charge in [-0.15, -0.1) is 0 Å². The van der Waals surface area contributed by atoms with Crippen molar-refractivity contribution in [3.8, 4) is 5.75 Å². The molecule has 0 unspecified atom stereocenters. The van der Waals surface area contributed by atoms with Gasteiger partial charge in [0.05, 0.1) is 9.95 Å². The number of nitro groups is 1. The predicted octanol–water partition coefficient (Wildman–Crippen LogP) is 3.97. The fraction of sp³-hybridized carbons (Fsp3) is 0.0769. The smallest absolute Gasteiger partial charge is 0.270 e. The quantitative estimate of drug-likeness (QED) is 0.629. The van der Waals surface area contributed by atoms with Gasteiger partial charge in [0.25, 0.3) is 5.69 Å². The van der Waals surface area contributed by atoms with E-state index < -0.39 is 10.7 Å². The van der Waals surface area contributed by atoms with E-state index in [-0.39, 0.29) is 17.3 Å². The van der Waals surface area contributed by atoms with E-state index in [1.54, 1.807) is 6.07 Å². The topological polar surface area (TPSA) is 52.4 Å². The lowest BCUT2D eigenvalue weighted by atomic mass is 10.2. The monoisotopic (exact) mass is 281 g/mol. The van der Waals surface area contributed by atoms with Crippen molar-refractivity contribution in [1.82, 2.24) is 0 Å². The average Bonchev–Trinajstić information content (AvgIpc) is 2.37. The summed E-state index contributed by atoms with van der Waals surface area (Å²) in [4.78, 5) is 10.0. The summed E-state index contributed by atoms with van der Waals surface area (Å²) in [6.07, 6.45) is 0. The Morgan fingerprint density at radius 2 is 2.05 bits per heavy atom. The van der Waals surface area contributed by atoms with Crippen LogP contribution in [0.1, 0.15) is 5.56 Å². The van der Waals surface area contributed by atoms with E-state index in [1.807, 2.05) is 0 Å². The van der Waals surface area contributed by atoms with E-state index in [2.05, 4.69) is 0 Å². The summed E-state index contributed by atoms with van der Waals surface area (Å²) in [6.45, 7) is 0.111. The van der Waals surface area contributed by atoms with Gasteiger partial charge in [-0.3, -0.25) is 10.1 Å². The summed E-state index contributed by atoms with van der Waals surface area (Å²) >= 11 is 5.91. The lowest BCUT2D eigenvalue weighted by Crippen LogP contribution is -1.97. The third-order valence-electron chi connectivity index (χ3n) is 2.44. The molecular formula is C13H9ClFNO3. The van der Waals surface area contributed by atoms with E-state index in [9.17, 15) is 14.5 Å². The van der Waals surface area contributed by atoms with Crippen LogP contribution in [0.15, 0.2) is 42.5 Å². The molecule has 2 aromatic rings. The number of hydrogen-bond donors (Lipinski definition) is 0. The molecule has 0 spiro atoms. The van der Waals surface area contributed by atoms with Gasteiger partial charge in [0.2, 0.25) is 0 Å². The number of nitro benzene ring substituents is 1. The molecule has 0 heterocycles. The minimum absolute atomic E-state index is 0.0838. The van der Waals surface area contributed by atoms with Crippen molar-refractivity contribution < 1.29 is 14.1 Å². The fourth-order valence-corrected chi connectivity index (χ4v) is 1.71. The number of halogens is 2. The van der Waals surface area contributed by atoms with Crippen molar-refractivity contribution in [2.24, 2.45) is 0 Å². The SMILES string of the molecule is O=[N+]([O-])c1ccc(COc2cccc(F)c2)c(Cl)c1. The highest BCUT2D eigenvalue weighted by atomic mass is 35.5. The van der Waals surface area contributed by atoms with Gasteiger partial charge in [0.1, 0.15) is 18.2 Å². The molecule has 0 bridgehead atoms. The third kappa shape index (κ3) is 3.42. The molecular weight excluding hydrogens is 273 g/mol. The molecule has 0 saturated carbocycles. The molecule has 0 aromatic heterocycles. The second-order valence-electron chi connectivity index (χ2n) is 3.78. The van der Waals surface area contributed by atoms with Gasteiger partial charge in [-0.25, -0.2) is 4.39 Å². The molecule has 0 aliphatic heterocycles. The van der Waals surface area contributed by atoms with E-state index >= 15 is 0 Å². The van der Waals surface area contributed by atoms with Gasteiger partial charge in [-0.05, 0) is 18.2 Å². The zero-order valence-electron chi connectivity index (χ0n) is 9.68. The van der Waals surface area contributed by atoms with Gasteiger partial charge in [0.15, 0.2) is 0 Å². The van der Waals surface area contributed by atoms with Crippen LogP contribution in [0.4, 0.5) is 10.1 Å². The van der Waals surface area contributed by atoms with E-state index in [1.165, 1.54) is 36.4 Å². The summed E-state index contributed by atoms with van der Waals surface area (Å²) in [5.41, 5.74) is 0.510. The lowest BCUT2D eigenvalue weighted by Gasteiger charge is -2.07. The fourth-order valence-electron chi connectivity index (χ4n) is 1.48. The highest BCUT2D eigenvalue weighted by Crippen LogP contribution is 2.24. The molecule has 0 N–H and O–H groups in total. The number of rotatable bonds is 4. The standard InChI is InChI=1S/C13H9ClFNO3/c14-13-7-11(16(17)18)5-4-9(13)8-19-12-3-1-2-10(15)6-12/h1-7H,8H2. The molecule has 0 saturated heterocycles. The largest absolute Gasteiger partial charge is 0.489 e. The summed E-state index contributed by atoms with van der Waals surface area (Å²) < 4.78 is 18.3. The molecule has 0 amide bonds. The maximum atomic E-state index is 12.9. The second kappa shape index (κ2) is 5.67. The van der Waals surface area contributed by atoms with Crippen molar-refractivity contribution in [2.75, 3.05) is 0 Å². The molecule has 0 aliphatic carbocycles. The van der Waals surface area contributed by atoms with Crippen molar-refractivity contribution in [3.05, 3.63) is 69.0 Å². The highest BCUT2D eigenvalue weighted by Gasteiger charge is 2.09. The number of benzene rings is 2. The summed E-state index contributed by atoms with van der Waals surface area (Å²) in [5, 5.41) is 10.8. The van der Waals surface area contributed by atoms with Crippen LogP contribution >= 0.6 is 11.6 Å². The van der Waals surface area contributed by atoms with E-state index in [0.717, 1.165) is 0 Å². The van der Waals surface area contributed by atoms with Crippen molar-refractivity contribution in [3.63, 3.8) is 0 Å². The maximum absolute atomic E-state index is 12.9. The molecule has 98 valence electrons. The summed E-state index contributed by atoms with van der Waals surface area (Å²) in [7, 11) is 0. The van der Waals surface area contributed by atoms with Gasteiger partial charge in [-0.1, -0.05) is 17.7 Å². The first-order valence-electron chi connectivity index (χ1n) is 5.37. The third-order valence-corrected chi connectivity index (χ3v) is 2.79. The van der Waals surface area contributed by atoms with Crippen LogP contribution in [0.5, 0.6) is 5.75 Å². The summed E-state index contributed by atoms with van der Waals surface area (Å²) in [6, 6.07) is 9.82. The Morgan fingerprint density at radius 3 is 2.68 bits per heavy atom. The molecule has 2 aromatic carbocycles. The molecule has 0 fully saturated rings. The predicted molar refractivity (Wildman–Crippen MR) is 68.8 cm³/mol. The van der Waals surface area contributed by atoms with Gasteiger partial charge < -0.3 is 4.74 Å². The first-order valence-corrected chi connectivity index (χ1v) is 5.75. The van der Waals surface area contributed by atoms with E-state index in [0.29, 0.717) is 11.3 Å².